The van der Waals surface area contributed by atoms with E-state index in [0.29, 0.717) is 27.5 Å². The first-order chi connectivity index (χ1) is 17.9. The molecule has 0 saturated heterocycles. The fourth-order valence-corrected chi connectivity index (χ4v) is 5.58. The molecule has 0 bridgehead atoms. The largest absolute Gasteiger partial charge is 0.496 e. The van der Waals surface area contributed by atoms with Gasteiger partial charge in [0.25, 0.3) is 5.91 Å². The predicted molar refractivity (Wildman–Crippen MR) is 138 cm³/mol. The van der Waals surface area contributed by atoms with E-state index in [1.807, 2.05) is 18.2 Å². The van der Waals surface area contributed by atoms with Crippen LogP contribution in [0.25, 0.3) is 4.91 Å². The number of methoxy groups -OCH3 is 3. The predicted octanol–water partition coefficient (Wildman–Crippen LogP) is 3.54. The highest BCUT2D eigenvalue weighted by molar-refractivity contribution is 8.11. The van der Waals surface area contributed by atoms with Crippen LogP contribution in [0.5, 0.6) is 11.5 Å². The second-order valence-corrected chi connectivity index (χ2v) is 8.92. The molecule has 0 radical (unpaired) electrons. The van der Waals surface area contributed by atoms with Crippen LogP contribution < -0.4 is 15.2 Å². The van der Waals surface area contributed by atoms with Gasteiger partial charge in [-0.05, 0) is 19.1 Å². The van der Waals surface area contributed by atoms with Gasteiger partial charge in [0, 0.05) is 22.1 Å². The normalized spacial score (nSPS) is 17.2. The van der Waals surface area contributed by atoms with E-state index in [1.165, 1.54) is 27.4 Å². The number of nitrogens with two attached hydrogens (primary N) is 1. The summed E-state index contributed by atoms with van der Waals surface area (Å²) in [5.41, 5.74) is 7.64. The number of ether oxygens (including phenoxy) is 4. The Morgan fingerprint density at radius 2 is 1.59 bits per heavy atom. The molecule has 1 atom stereocenters. The first-order valence-electron chi connectivity index (χ1n) is 11.4. The molecule has 2 aromatic carbocycles. The molecule has 2 N–H and O–H groups in total. The number of hydrogen-bond acceptors (Lipinski definition) is 9. The van der Waals surface area contributed by atoms with Gasteiger partial charge in [-0.25, -0.2) is 9.59 Å². The minimum Gasteiger partial charge on any atom is -0.496 e. The number of para-hydroxylation sites is 2. The molecule has 0 saturated carbocycles. The number of fused-ring (bicyclic) bond motifs is 1. The van der Waals surface area contributed by atoms with Crippen LogP contribution in [0.4, 0.5) is 0 Å². The Kier molecular flexibility index (Phi) is 7.58. The van der Waals surface area contributed by atoms with E-state index in [9.17, 15) is 14.4 Å². The monoisotopic (exact) mass is 522 g/mol. The molecule has 4 rings (SSSR count). The van der Waals surface area contributed by atoms with Gasteiger partial charge in [0.05, 0.1) is 45.0 Å². The number of thioether (sulfide) groups is 1. The summed E-state index contributed by atoms with van der Waals surface area (Å²) in [6, 6.07) is 14.2. The van der Waals surface area contributed by atoms with E-state index in [-0.39, 0.29) is 28.6 Å². The van der Waals surface area contributed by atoms with Gasteiger partial charge in [-0.1, -0.05) is 48.2 Å². The number of benzene rings is 2. The molecular formula is C27H26N2O7S. The van der Waals surface area contributed by atoms with Crippen LogP contribution in [-0.2, 0) is 23.9 Å². The summed E-state index contributed by atoms with van der Waals surface area (Å²) in [6.07, 6.45) is 1.39. The third kappa shape index (κ3) is 4.55. The Bertz CT molecular complexity index is 1360. The lowest BCUT2D eigenvalue weighted by Gasteiger charge is -2.38. The molecular weight excluding hydrogens is 496 g/mol. The Morgan fingerprint density at radius 1 is 0.946 bits per heavy atom. The van der Waals surface area contributed by atoms with Crippen LogP contribution in [0.15, 0.2) is 76.6 Å². The molecule has 192 valence electrons. The third-order valence-electron chi connectivity index (χ3n) is 5.93. The second-order valence-electron chi connectivity index (χ2n) is 7.89. The summed E-state index contributed by atoms with van der Waals surface area (Å²) in [6.45, 7) is 1.75. The van der Waals surface area contributed by atoms with E-state index < -0.39 is 23.8 Å². The maximum absolute atomic E-state index is 13.5. The van der Waals surface area contributed by atoms with Gasteiger partial charge in [0.2, 0.25) is 0 Å². The first kappa shape index (κ1) is 25.9. The summed E-state index contributed by atoms with van der Waals surface area (Å²) in [7, 11) is 4.22. The zero-order valence-electron chi connectivity index (χ0n) is 20.8. The van der Waals surface area contributed by atoms with Crippen molar-refractivity contribution in [3.05, 3.63) is 87.7 Å². The molecule has 1 amide bonds. The van der Waals surface area contributed by atoms with Gasteiger partial charge in [-0.2, -0.15) is 0 Å². The molecule has 0 aromatic heterocycles. The number of amides is 1. The Hall–Kier alpha value is -4.18. The highest BCUT2D eigenvalue weighted by Gasteiger charge is 2.46. The average molecular weight is 523 g/mol. The number of hydrogen-bond donors (Lipinski definition) is 1. The first-order valence-corrected chi connectivity index (χ1v) is 12.2. The third-order valence-corrected chi connectivity index (χ3v) is 7.09. The zero-order chi connectivity index (χ0) is 26.7. The van der Waals surface area contributed by atoms with Crippen molar-refractivity contribution in [2.75, 3.05) is 27.9 Å². The maximum Gasteiger partial charge on any atom is 0.338 e. The summed E-state index contributed by atoms with van der Waals surface area (Å²) in [4.78, 5) is 41.8. The van der Waals surface area contributed by atoms with Crippen molar-refractivity contribution < 1.29 is 33.3 Å². The topological polar surface area (TPSA) is 117 Å². The highest BCUT2D eigenvalue weighted by Crippen LogP contribution is 2.52. The maximum atomic E-state index is 13.5. The number of nitrogens with zero attached hydrogens (tertiary/aromatic N) is 1. The van der Waals surface area contributed by atoms with Crippen LogP contribution in [-0.4, -0.2) is 50.7 Å². The molecule has 2 heterocycles. The fraction of sp³-hybridized carbons (Fsp3) is 0.222. The number of carbonyl (C=O) groups excluding carboxylic acids is 3. The van der Waals surface area contributed by atoms with E-state index in [0.717, 1.165) is 16.7 Å². The standard InChI is InChI=1S/C27H26N2O7S/c1-5-36-27(32)23-21(16-11-7-9-13-18(16)34-3)22(26(31)35-4)24(28)29-20(30)14-19(37-25(23)29)15-10-6-8-12-17(15)33-2/h6-14,21H,5,28H2,1-4H3. The fourth-order valence-electron chi connectivity index (χ4n) is 4.34. The van der Waals surface area contributed by atoms with Crippen LogP contribution in [0, 0.1) is 0 Å². The van der Waals surface area contributed by atoms with Gasteiger partial charge in [-0.3, -0.25) is 9.69 Å². The van der Waals surface area contributed by atoms with E-state index in [1.54, 1.807) is 37.3 Å². The molecule has 2 aromatic rings. The van der Waals surface area contributed by atoms with Crippen molar-refractivity contribution in [1.82, 2.24) is 4.90 Å². The minimum absolute atomic E-state index is 0.0677. The lowest BCUT2D eigenvalue weighted by molar-refractivity contribution is -0.139. The molecule has 0 spiro atoms. The van der Waals surface area contributed by atoms with E-state index in [2.05, 4.69) is 0 Å². The average Bonchev–Trinajstić information content (AvgIpc) is 2.92. The van der Waals surface area contributed by atoms with Gasteiger partial charge < -0.3 is 24.7 Å². The van der Waals surface area contributed by atoms with Crippen molar-refractivity contribution in [3.8, 4) is 11.5 Å². The molecule has 1 unspecified atom stereocenters. The zero-order valence-corrected chi connectivity index (χ0v) is 21.6. The molecule has 0 aliphatic carbocycles. The summed E-state index contributed by atoms with van der Waals surface area (Å²) < 4.78 is 21.5. The summed E-state index contributed by atoms with van der Waals surface area (Å²) >= 11 is 1.16. The second kappa shape index (κ2) is 10.8. The Balaban J connectivity index is 2.04. The molecule has 9 nitrogen and oxygen atoms in total. The van der Waals surface area contributed by atoms with Crippen molar-refractivity contribution in [2.45, 2.75) is 12.8 Å². The Labute approximate surface area is 218 Å². The number of esters is 2. The van der Waals surface area contributed by atoms with Crippen LogP contribution in [0.1, 0.15) is 24.0 Å². The van der Waals surface area contributed by atoms with Crippen LogP contribution in [0.2, 0.25) is 0 Å². The lowest BCUT2D eigenvalue weighted by atomic mass is 9.81. The molecule has 2 aliphatic heterocycles. The van der Waals surface area contributed by atoms with Crippen LogP contribution >= 0.6 is 11.8 Å². The van der Waals surface area contributed by atoms with Crippen LogP contribution in [0.3, 0.4) is 0 Å². The smallest absolute Gasteiger partial charge is 0.338 e. The van der Waals surface area contributed by atoms with Gasteiger partial charge >= 0.3 is 11.9 Å². The summed E-state index contributed by atoms with van der Waals surface area (Å²) in [5.74, 6) is -2.21. The molecule has 37 heavy (non-hydrogen) atoms. The van der Waals surface area contributed by atoms with Crippen molar-refractivity contribution in [1.29, 1.82) is 0 Å². The van der Waals surface area contributed by atoms with Crippen molar-refractivity contribution in [2.24, 2.45) is 5.73 Å². The summed E-state index contributed by atoms with van der Waals surface area (Å²) in [5, 5.41) is 0.230. The number of carbonyl (C=O) groups is 3. The Morgan fingerprint density at radius 3 is 2.24 bits per heavy atom. The number of rotatable bonds is 7. The molecule has 2 aliphatic rings. The van der Waals surface area contributed by atoms with Crippen molar-refractivity contribution in [3.63, 3.8) is 0 Å². The minimum atomic E-state index is -1.02. The van der Waals surface area contributed by atoms with Crippen molar-refractivity contribution >= 4 is 34.5 Å². The highest BCUT2D eigenvalue weighted by atomic mass is 32.2. The molecule has 0 fully saturated rings. The lowest BCUT2D eigenvalue weighted by Crippen LogP contribution is -2.42. The molecule has 10 heteroatoms. The quantitative estimate of drug-likeness (QED) is 0.545. The van der Waals surface area contributed by atoms with E-state index in [4.69, 9.17) is 24.7 Å². The SMILES string of the molecule is CCOC(=O)C1=C2SC(c3ccccc3OC)=CC(=O)N2C(N)=C(C(=O)OC)C1c1ccccc1OC. The van der Waals surface area contributed by atoms with Gasteiger partial charge in [0.1, 0.15) is 22.3 Å². The van der Waals surface area contributed by atoms with Gasteiger partial charge in [0.15, 0.2) is 0 Å². The van der Waals surface area contributed by atoms with Gasteiger partial charge in [-0.15, -0.1) is 0 Å². The van der Waals surface area contributed by atoms with E-state index >= 15 is 0 Å².